The third-order valence-electron chi connectivity index (χ3n) is 2.81. The quantitative estimate of drug-likeness (QED) is 0.646. The summed E-state index contributed by atoms with van der Waals surface area (Å²) in [5, 5.41) is 9.65. The molecule has 14 heavy (non-hydrogen) atoms. The first-order valence-electron chi connectivity index (χ1n) is 4.79. The van der Waals surface area contributed by atoms with E-state index in [0.29, 0.717) is 0 Å². The predicted molar refractivity (Wildman–Crippen MR) is 57.3 cm³/mol. The van der Waals surface area contributed by atoms with Gasteiger partial charge in [0.15, 0.2) is 9.84 Å². The second-order valence-corrected chi connectivity index (χ2v) is 7.24. The fourth-order valence-corrected chi connectivity index (χ4v) is 4.83. The molecule has 2 aliphatic rings. The number of rotatable bonds is 1. The van der Waals surface area contributed by atoms with E-state index in [1.807, 2.05) is 11.8 Å². The van der Waals surface area contributed by atoms with Gasteiger partial charge in [0, 0.05) is 24.6 Å². The Morgan fingerprint density at radius 3 is 2.36 bits per heavy atom. The van der Waals surface area contributed by atoms with Crippen molar-refractivity contribution in [3.05, 3.63) is 0 Å². The van der Waals surface area contributed by atoms with Gasteiger partial charge in [0.2, 0.25) is 0 Å². The topological polar surface area (TPSA) is 57.6 Å². The van der Waals surface area contributed by atoms with E-state index < -0.39 is 15.9 Å². The summed E-state index contributed by atoms with van der Waals surface area (Å²) in [5.74, 6) is 2.17. The summed E-state index contributed by atoms with van der Waals surface area (Å²) in [6.45, 7) is 1.81. The molecule has 0 aromatic carbocycles. The van der Waals surface area contributed by atoms with E-state index in [1.165, 1.54) is 0 Å². The highest BCUT2D eigenvalue weighted by atomic mass is 32.2. The Bertz CT molecular complexity index is 298. The van der Waals surface area contributed by atoms with Crippen molar-refractivity contribution >= 4 is 21.6 Å². The van der Waals surface area contributed by atoms with Crippen LogP contribution < -0.4 is 0 Å². The van der Waals surface area contributed by atoms with E-state index in [-0.39, 0.29) is 17.5 Å². The summed E-state index contributed by atoms with van der Waals surface area (Å²) in [6, 6.07) is -0.152. The lowest BCUT2D eigenvalue weighted by molar-refractivity contribution is 0.0899. The molecule has 0 aromatic rings. The van der Waals surface area contributed by atoms with Crippen LogP contribution in [0.2, 0.25) is 0 Å². The van der Waals surface area contributed by atoms with Crippen LogP contribution in [0, 0.1) is 0 Å². The summed E-state index contributed by atoms with van der Waals surface area (Å²) in [7, 11) is -2.99. The maximum atomic E-state index is 11.3. The minimum Gasteiger partial charge on any atom is -0.390 e. The van der Waals surface area contributed by atoms with Crippen molar-refractivity contribution in [1.29, 1.82) is 0 Å². The highest BCUT2D eigenvalue weighted by Crippen LogP contribution is 2.21. The molecule has 2 fully saturated rings. The fourth-order valence-electron chi connectivity index (χ4n) is 2.07. The van der Waals surface area contributed by atoms with Crippen LogP contribution in [0.1, 0.15) is 0 Å². The van der Waals surface area contributed by atoms with Gasteiger partial charge >= 0.3 is 0 Å². The summed E-state index contributed by atoms with van der Waals surface area (Å²) >= 11 is 1.89. The number of aliphatic hydroxyl groups is 1. The molecule has 0 bridgehead atoms. The van der Waals surface area contributed by atoms with Gasteiger partial charge < -0.3 is 5.11 Å². The number of hydrogen-bond donors (Lipinski definition) is 1. The number of sulfone groups is 1. The third kappa shape index (κ3) is 2.24. The van der Waals surface area contributed by atoms with E-state index >= 15 is 0 Å². The molecule has 2 rings (SSSR count). The predicted octanol–water partition coefficient (Wildman–Crippen LogP) is -0.807. The first-order valence-corrected chi connectivity index (χ1v) is 7.76. The lowest BCUT2D eigenvalue weighted by Gasteiger charge is -2.32. The first kappa shape index (κ1) is 10.7. The Morgan fingerprint density at radius 1 is 1.21 bits per heavy atom. The maximum Gasteiger partial charge on any atom is 0.154 e. The van der Waals surface area contributed by atoms with Crippen LogP contribution in [-0.4, -0.2) is 66.7 Å². The van der Waals surface area contributed by atoms with Crippen LogP contribution in [0.5, 0.6) is 0 Å². The van der Waals surface area contributed by atoms with Gasteiger partial charge in [-0.25, -0.2) is 8.42 Å². The van der Waals surface area contributed by atoms with Crippen LogP contribution in [0.4, 0.5) is 0 Å². The molecule has 2 aliphatic heterocycles. The highest BCUT2D eigenvalue weighted by molar-refractivity contribution is 7.99. The molecule has 82 valence electrons. The minimum absolute atomic E-state index is 0.0543. The molecule has 0 saturated carbocycles. The first-order chi connectivity index (χ1) is 6.58. The van der Waals surface area contributed by atoms with Crippen molar-refractivity contribution in [2.45, 2.75) is 12.1 Å². The summed E-state index contributed by atoms with van der Waals surface area (Å²) in [5.41, 5.74) is 0. The van der Waals surface area contributed by atoms with Gasteiger partial charge in [-0.1, -0.05) is 0 Å². The summed E-state index contributed by atoms with van der Waals surface area (Å²) in [6.07, 6.45) is -0.678. The van der Waals surface area contributed by atoms with Crippen LogP contribution in [0.3, 0.4) is 0 Å². The molecule has 0 unspecified atom stereocenters. The molecule has 6 heteroatoms. The molecule has 2 heterocycles. The van der Waals surface area contributed by atoms with Crippen molar-refractivity contribution in [2.75, 3.05) is 36.1 Å². The largest absolute Gasteiger partial charge is 0.390 e. The average Bonchev–Trinajstić information content (AvgIpc) is 2.41. The molecule has 0 aliphatic carbocycles. The van der Waals surface area contributed by atoms with Gasteiger partial charge in [0.05, 0.1) is 23.7 Å². The van der Waals surface area contributed by atoms with Gasteiger partial charge in [-0.05, 0) is 0 Å². The van der Waals surface area contributed by atoms with E-state index in [4.69, 9.17) is 0 Å². The molecule has 0 radical (unpaired) electrons. The molecule has 2 saturated heterocycles. The Kier molecular flexibility index (Phi) is 3.06. The smallest absolute Gasteiger partial charge is 0.154 e. The molecular weight excluding hydrogens is 222 g/mol. The van der Waals surface area contributed by atoms with Crippen molar-refractivity contribution < 1.29 is 13.5 Å². The van der Waals surface area contributed by atoms with Crippen molar-refractivity contribution in [3.8, 4) is 0 Å². The summed E-state index contributed by atoms with van der Waals surface area (Å²) in [4.78, 5) is 2.12. The Morgan fingerprint density at radius 2 is 1.86 bits per heavy atom. The third-order valence-corrected chi connectivity index (χ3v) is 5.45. The Balaban J connectivity index is 2.04. The zero-order chi connectivity index (χ0) is 10.2. The molecule has 2 atom stereocenters. The van der Waals surface area contributed by atoms with E-state index in [1.54, 1.807) is 0 Å². The number of thioether (sulfide) groups is 1. The standard InChI is InChI=1S/C8H15NO3S2/c10-8-6-14(11,12)5-7(8)9-1-3-13-4-2-9/h7-8,10H,1-6H2/t7-,8+/m0/s1. The molecule has 0 aromatic heterocycles. The highest BCUT2D eigenvalue weighted by Gasteiger charge is 2.40. The fraction of sp³-hybridized carbons (Fsp3) is 1.00. The lowest BCUT2D eigenvalue weighted by atomic mass is 10.2. The molecule has 0 spiro atoms. The second-order valence-electron chi connectivity index (χ2n) is 3.86. The van der Waals surface area contributed by atoms with E-state index in [0.717, 1.165) is 24.6 Å². The van der Waals surface area contributed by atoms with E-state index in [9.17, 15) is 13.5 Å². The van der Waals surface area contributed by atoms with Crippen LogP contribution >= 0.6 is 11.8 Å². The SMILES string of the molecule is O=S1(=O)C[C@@H](O)[C@@H](N2CCSCC2)C1. The van der Waals surface area contributed by atoms with Crippen LogP contribution in [0.15, 0.2) is 0 Å². The average molecular weight is 237 g/mol. The minimum atomic E-state index is -2.99. The number of aliphatic hydroxyl groups excluding tert-OH is 1. The number of hydrogen-bond acceptors (Lipinski definition) is 5. The normalized spacial score (nSPS) is 38.6. The van der Waals surface area contributed by atoms with Gasteiger partial charge in [-0.3, -0.25) is 4.90 Å². The summed E-state index contributed by atoms with van der Waals surface area (Å²) < 4.78 is 22.6. The van der Waals surface area contributed by atoms with Crippen molar-refractivity contribution in [2.24, 2.45) is 0 Å². The Hall–Kier alpha value is 0.220. The zero-order valence-electron chi connectivity index (χ0n) is 7.92. The maximum absolute atomic E-state index is 11.3. The van der Waals surface area contributed by atoms with Gasteiger partial charge in [-0.2, -0.15) is 11.8 Å². The van der Waals surface area contributed by atoms with Crippen LogP contribution in [0.25, 0.3) is 0 Å². The monoisotopic (exact) mass is 237 g/mol. The van der Waals surface area contributed by atoms with Crippen molar-refractivity contribution in [1.82, 2.24) is 4.90 Å². The zero-order valence-corrected chi connectivity index (χ0v) is 9.56. The van der Waals surface area contributed by atoms with Gasteiger partial charge in [-0.15, -0.1) is 0 Å². The van der Waals surface area contributed by atoms with Gasteiger partial charge in [0.1, 0.15) is 0 Å². The lowest BCUT2D eigenvalue weighted by Crippen LogP contribution is -2.47. The van der Waals surface area contributed by atoms with Crippen molar-refractivity contribution in [3.63, 3.8) is 0 Å². The van der Waals surface area contributed by atoms with Gasteiger partial charge in [0.25, 0.3) is 0 Å². The Labute approximate surface area is 88.6 Å². The molecular formula is C8H15NO3S2. The second kappa shape index (κ2) is 4.00. The van der Waals surface area contributed by atoms with E-state index in [2.05, 4.69) is 4.90 Å². The molecule has 1 N–H and O–H groups in total. The number of nitrogens with zero attached hydrogens (tertiary/aromatic N) is 1. The van der Waals surface area contributed by atoms with Crippen LogP contribution in [-0.2, 0) is 9.84 Å². The molecule has 4 nitrogen and oxygen atoms in total. The molecule has 0 amide bonds.